The number of rotatable bonds is 6. The summed E-state index contributed by atoms with van der Waals surface area (Å²) in [6.07, 6.45) is 3.45. The van der Waals surface area contributed by atoms with Crippen LogP contribution in [0.4, 0.5) is 4.39 Å². The summed E-state index contributed by atoms with van der Waals surface area (Å²) >= 11 is 1.78. The van der Waals surface area contributed by atoms with Crippen LogP contribution < -0.4 is 4.74 Å². The Balaban J connectivity index is 0.000000480. The highest BCUT2D eigenvalue weighted by Crippen LogP contribution is 2.38. The van der Waals surface area contributed by atoms with Gasteiger partial charge in [-0.25, -0.2) is 14.0 Å². The first-order valence-corrected chi connectivity index (χ1v) is 12.8. The Morgan fingerprint density at radius 1 is 1.19 bits per heavy atom. The summed E-state index contributed by atoms with van der Waals surface area (Å²) in [4.78, 5) is 25.1. The van der Waals surface area contributed by atoms with Crippen LogP contribution in [0.25, 0.3) is 21.0 Å². The van der Waals surface area contributed by atoms with Crippen molar-refractivity contribution in [1.82, 2.24) is 9.88 Å². The quantitative estimate of drug-likeness (QED) is 0.268. The fourth-order valence-corrected chi connectivity index (χ4v) is 5.87. The third-order valence-corrected chi connectivity index (χ3v) is 7.81. The molecule has 0 bridgehead atoms. The minimum atomic E-state index is -1.82. The number of benzene rings is 2. The Bertz CT molecular complexity index is 1370. The Kier molecular flexibility index (Phi) is 8.42. The van der Waals surface area contributed by atoms with Gasteiger partial charge < -0.3 is 25.0 Å². The number of hydrogen-bond donors (Lipinski definition) is 4. The number of nitrogens with one attached hydrogen (secondary N) is 1. The van der Waals surface area contributed by atoms with Crippen LogP contribution in [0.2, 0.25) is 0 Å². The lowest BCUT2D eigenvalue weighted by atomic mass is 9.90. The van der Waals surface area contributed by atoms with Crippen LogP contribution in [0.3, 0.4) is 0 Å². The molecule has 0 aliphatic carbocycles. The van der Waals surface area contributed by atoms with Gasteiger partial charge in [-0.1, -0.05) is 6.07 Å². The number of aliphatic hydroxyl groups is 1. The van der Waals surface area contributed by atoms with E-state index in [-0.39, 0.29) is 12.4 Å². The van der Waals surface area contributed by atoms with Crippen LogP contribution in [0.15, 0.2) is 54.7 Å². The van der Waals surface area contributed by atoms with Crippen molar-refractivity contribution in [2.75, 3.05) is 19.7 Å². The molecule has 2 aromatic heterocycles. The van der Waals surface area contributed by atoms with Crippen LogP contribution in [-0.2, 0) is 9.59 Å². The van der Waals surface area contributed by atoms with Gasteiger partial charge in [-0.2, -0.15) is 0 Å². The second kappa shape index (κ2) is 11.7. The lowest BCUT2D eigenvalue weighted by Gasteiger charge is -2.38. The molecule has 0 spiro atoms. The van der Waals surface area contributed by atoms with Gasteiger partial charge in [0, 0.05) is 39.3 Å². The zero-order valence-corrected chi connectivity index (χ0v) is 21.1. The minimum Gasteiger partial charge on any atom is -0.490 e. The van der Waals surface area contributed by atoms with E-state index in [4.69, 9.17) is 24.5 Å². The molecule has 1 saturated heterocycles. The Morgan fingerprint density at radius 2 is 1.97 bits per heavy atom. The number of aromatic amines is 1. The number of β-amino-alcohol motifs (C(OH)–C–C–N with tert-alkyl or cyclic N) is 1. The van der Waals surface area contributed by atoms with Gasteiger partial charge in [0.05, 0.1) is 0 Å². The van der Waals surface area contributed by atoms with Crippen LogP contribution in [-0.4, -0.2) is 69.0 Å². The number of piperidine rings is 1. The molecule has 0 radical (unpaired) electrons. The smallest absolute Gasteiger partial charge is 0.414 e. The van der Waals surface area contributed by atoms with Crippen molar-refractivity contribution in [2.24, 2.45) is 0 Å². The summed E-state index contributed by atoms with van der Waals surface area (Å²) < 4.78 is 20.6. The largest absolute Gasteiger partial charge is 0.490 e. The third-order valence-electron chi connectivity index (χ3n) is 6.53. The number of hydrogen-bond acceptors (Lipinski definition) is 6. The molecule has 4 aromatic rings. The molecule has 196 valence electrons. The SMILES string of the molecule is C[C@@H]1C[C@@H](c2cc3cc(F)ccc3s2)CCN1C[C@H](O)COc1cccc2[nH]ccc12.O=C(O)C(=O)O. The number of fused-ring (bicyclic) bond motifs is 2. The molecular weight excluding hydrogens is 499 g/mol. The summed E-state index contributed by atoms with van der Waals surface area (Å²) in [6, 6.07) is 15.5. The van der Waals surface area contributed by atoms with Gasteiger partial charge in [-0.3, -0.25) is 4.90 Å². The molecule has 4 N–H and O–H groups in total. The van der Waals surface area contributed by atoms with Gasteiger partial charge >= 0.3 is 11.9 Å². The summed E-state index contributed by atoms with van der Waals surface area (Å²) in [5.41, 5.74) is 1.03. The van der Waals surface area contributed by atoms with E-state index in [0.29, 0.717) is 18.5 Å². The van der Waals surface area contributed by atoms with E-state index in [1.165, 1.54) is 10.9 Å². The van der Waals surface area contributed by atoms with Crippen molar-refractivity contribution < 1.29 is 34.0 Å². The van der Waals surface area contributed by atoms with Crippen LogP contribution in [0.1, 0.15) is 30.6 Å². The number of aliphatic hydroxyl groups excluding tert-OH is 1. The van der Waals surface area contributed by atoms with Crippen molar-refractivity contribution in [3.8, 4) is 5.75 Å². The molecule has 0 amide bonds. The Labute approximate surface area is 216 Å². The van der Waals surface area contributed by atoms with Crippen molar-refractivity contribution in [2.45, 2.75) is 37.8 Å². The van der Waals surface area contributed by atoms with E-state index in [1.807, 2.05) is 36.5 Å². The number of likely N-dealkylation sites (tertiary alicyclic amines) is 1. The highest BCUT2D eigenvalue weighted by Gasteiger charge is 2.29. The lowest BCUT2D eigenvalue weighted by molar-refractivity contribution is -0.159. The van der Waals surface area contributed by atoms with E-state index in [1.54, 1.807) is 17.4 Å². The fraction of sp³-hybridized carbons (Fsp3) is 0.333. The number of nitrogens with zero attached hydrogens (tertiary/aromatic N) is 1. The molecule has 5 rings (SSSR count). The van der Waals surface area contributed by atoms with E-state index >= 15 is 0 Å². The van der Waals surface area contributed by atoms with Crippen molar-refractivity contribution >= 4 is 44.3 Å². The zero-order chi connectivity index (χ0) is 26.5. The fourth-order valence-electron chi connectivity index (χ4n) is 4.68. The maximum Gasteiger partial charge on any atom is 0.414 e. The number of carboxylic acids is 2. The zero-order valence-electron chi connectivity index (χ0n) is 20.3. The lowest BCUT2D eigenvalue weighted by Crippen LogP contribution is -2.45. The number of carboxylic acid groups (broad SMARTS) is 2. The van der Waals surface area contributed by atoms with Crippen molar-refractivity contribution in [3.05, 3.63) is 65.4 Å². The van der Waals surface area contributed by atoms with Crippen molar-refractivity contribution in [3.63, 3.8) is 0 Å². The molecule has 8 nitrogen and oxygen atoms in total. The first-order valence-electron chi connectivity index (χ1n) is 12.0. The Morgan fingerprint density at radius 3 is 2.70 bits per heavy atom. The Hall–Kier alpha value is -3.47. The minimum absolute atomic E-state index is 0.177. The van der Waals surface area contributed by atoms with Gasteiger partial charge in [0.15, 0.2) is 0 Å². The maximum absolute atomic E-state index is 13.5. The normalized spacial score (nSPS) is 18.8. The summed E-state index contributed by atoms with van der Waals surface area (Å²) in [5, 5.41) is 27.4. The van der Waals surface area contributed by atoms with Gasteiger partial charge in [0.25, 0.3) is 0 Å². The molecule has 10 heteroatoms. The topological polar surface area (TPSA) is 123 Å². The molecule has 0 saturated carbocycles. The predicted molar refractivity (Wildman–Crippen MR) is 140 cm³/mol. The molecule has 2 aromatic carbocycles. The molecule has 1 aliphatic rings. The average molecular weight is 529 g/mol. The van der Waals surface area contributed by atoms with Crippen LogP contribution in [0, 0.1) is 5.82 Å². The van der Waals surface area contributed by atoms with Gasteiger partial charge in [0.2, 0.25) is 0 Å². The monoisotopic (exact) mass is 528 g/mol. The molecule has 3 heterocycles. The highest BCUT2D eigenvalue weighted by atomic mass is 32.1. The molecular formula is C27H29FN2O6S. The standard InChI is InChI=1S/C25H27FN2O2S.C2H2O4/c1-16-11-17(25-13-18-12-19(26)5-6-24(18)31-25)8-10-28(16)14-20(29)15-30-23-4-2-3-22-21(23)7-9-27-22;3-1(4)2(5)6/h2-7,9,12-13,16-17,20,27,29H,8,10-11,14-15H2,1H3;(H,3,4)(H,5,6)/t16-,17+,20+;/m1./s1. The van der Waals surface area contributed by atoms with Crippen LogP contribution >= 0.6 is 11.3 Å². The number of carbonyl (C=O) groups is 2. The summed E-state index contributed by atoms with van der Waals surface area (Å²) in [7, 11) is 0. The highest BCUT2D eigenvalue weighted by molar-refractivity contribution is 7.19. The van der Waals surface area contributed by atoms with E-state index in [9.17, 15) is 9.50 Å². The van der Waals surface area contributed by atoms with Crippen LogP contribution in [0.5, 0.6) is 5.75 Å². The molecule has 3 atom stereocenters. The molecule has 0 unspecified atom stereocenters. The number of aliphatic carboxylic acids is 2. The van der Waals surface area contributed by atoms with Gasteiger partial charge in [-0.05, 0) is 80.1 Å². The maximum atomic E-state index is 13.5. The average Bonchev–Trinajstić information content (AvgIpc) is 3.51. The first kappa shape index (κ1) is 26.6. The number of aromatic nitrogens is 1. The van der Waals surface area contributed by atoms with E-state index in [2.05, 4.69) is 22.9 Å². The first-order chi connectivity index (χ1) is 17.7. The second-order valence-corrected chi connectivity index (χ2v) is 10.3. The predicted octanol–water partition coefficient (Wildman–Crippen LogP) is 4.69. The molecule has 1 fully saturated rings. The molecule has 37 heavy (non-hydrogen) atoms. The number of thiophene rings is 1. The molecule has 1 aliphatic heterocycles. The second-order valence-electron chi connectivity index (χ2n) is 9.17. The number of ether oxygens (including phenoxy) is 1. The van der Waals surface area contributed by atoms with E-state index < -0.39 is 18.0 Å². The van der Waals surface area contributed by atoms with Gasteiger partial charge in [-0.15, -0.1) is 11.3 Å². The van der Waals surface area contributed by atoms with Gasteiger partial charge in [0.1, 0.15) is 24.3 Å². The number of H-pyrrole nitrogens is 1. The van der Waals surface area contributed by atoms with Crippen molar-refractivity contribution in [1.29, 1.82) is 0 Å². The summed E-state index contributed by atoms with van der Waals surface area (Å²) in [5.74, 6) is -2.54. The van der Waals surface area contributed by atoms with E-state index in [0.717, 1.165) is 46.1 Å². The summed E-state index contributed by atoms with van der Waals surface area (Å²) in [6.45, 7) is 4.06. The third kappa shape index (κ3) is 6.65. The number of halogens is 1.